The lowest BCUT2D eigenvalue weighted by Crippen LogP contribution is -2.42. The van der Waals surface area contributed by atoms with Crippen molar-refractivity contribution in [3.63, 3.8) is 0 Å². The minimum atomic E-state index is -3.76. The molecule has 10 heteroatoms. The van der Waals surface area contributed by atoms with E-state index in [1.54, 1.807) is 0 Å². The molecule has 1 aromatic carbocycles. The fraction of sp³-hybridized carbons (Fsp3) is 0.588. The van der Waals surface area contributed by atoms with Crippen LogP contribution in [-0.4, -0.2) is 47.7 Å². The molecule has 0 aliphatic heterocycles. The highest BCUT2D eigenvalue weighted by Gasteiger charge is 2.18. The zero-order chi connectivity index (χ0) is 19.7. The lowest BCUT2D eigenvalue weighted by molar-refractivity contribution is -0.121. The third kappa shape index (κ3) is 8.34. The first-order valence-electron chi connectivity index (χ1n) is 8.44. The van der Waals surface area contributed by atoms with Crippen molar-refractivity contribution < 1.29 is 22.7 Å². The van der Waals surface area contributed by atoms with Crippen LogP contribution in [0.2, 0.25) is 0 Å². The standard InChI is InChI=1S/C17H29N3O5S.ClH/c1-12(2)9-13(11-18)20-17(21)7-8-19-26(22,23)14-5-6-15(24-3)16(10-14)25-4;/h5-6,10,12-13,19H,7-9,11,18H2,1-4H3,(H,20,21);1H. The molecule has 156 valence electrons. The molecule has 0 radical (unpaired) electrons. The summed E-state index contributed by atoms with van der Waals surface area (Å²) in [6.45, 7) is 4.43. The molecule has 0 bridgehead atoms. The Labute approximate surface area is 167 Å². The minimum Gasteiger partial charge on any atom is -0.493 e. The van der Waals surface area contributed by atoms with E-state index >= 15 is 0 Å². The van der Waals surface area contributed by atoms with Crippen LogP contribution in [-0.2, 0) is 14.8 Å². The molecule has 1 aromatic rings. The summed E-state index contributed by atoms with van der Waals surface area (Å²) >= 11 is 0. The first-order valence-corrected chi connectivity index (χ1v) is 9.93. The number of hydrogen-bond donors (Lipinski definition) is 3. The number of benzene rings is 1. The fourth-order valence-corrected chi connectivity index (χ4v) is 3.50. The van der Waals surface area contributed by atoms with Crippen molar-refractivity contribution in [2.24, 2.45) is 11.7 Å². The van der Waals surface area contributed by atoms with Gasteiger partial charge < -0.3 is 20.5 Å². The summed E-state index contributed by atoms with van der Waals surface area (Å²) < 4.78 is 37.3. The lowest BCUT2D eigenvalue weighted by Gasteiger charge is -2.18. The van der Waals surface area contributed by atoms with E-state index in [4.69, 9.17) is 15.2 Å². The third-order valence-corrected chi connectivity index (χ3v) is 5.17. The number of amides is 1. The van der Waals surface area contributed by atoms with Gasteiger partial charge >= 0.3 is 0 Å². The molecule has 0 spiro atoms. The van der Waals surface area contributed by atoms with E-state index < -0.39 is 10.0 Å². The lowest BCUT2D eigenvalue weighted by atomic mass is 10.0. The topological polar surface area (TPSA) is 120 Å². The normalized spacial score (nSPS) is 12.2. The van der Waals surface area contributed by atoms with Crippen LogP contribution in [0.25, 0.3) is 0 Å². The predicted octanol–water partition coefficient (Wildman–Crippen LogP) is 1.28. The SMILES string of the molecule is COc1ccc(S(=O)(=O)NCCC(=O)NC(CN)CC(C)C)cc1OC.Cl. The number of halogens is 1. The van der Waals surface area contributed by atoms with Gasteiger partial charge in [-0.3, -0.25) is 4.79 Å². The molecule has 0 saturated carbocycles. The van der Waals surface area contributed by atoms with E-state index in [9.17, 15) is 13.2 Å². The van der Waals surface area contributed by atoms with Gasteiger partial charge in [-0.05, 0) is 24.5 Å². The third-order valence-electron chi connectivity index (χ3n) is 3.72. The average molecular weight is 424 g/mol. The van der Waals surface area contributed by atoms with Crippen molar-refractivity contribution in [3.05, 3.63) is 18.2 Å². The number of ether oxygens (including phenoxy) is 2. The molecule has 0 saturated heterocycles. The Hall–Kier alpha value is -1.55. The highest BCUT2D eigenvalue weighted by molar-refractivity contribution is 7.89. The largest absolute Gasteiger partial charge is 0.493 e. The molecule has 1 atom stereocenters. The molecule has 1 unspecified atom stereocenters. The Morgan fingerprint density at radius 3 is 2.33 bits per heavy atom. The molecule has 27 heavy (non-hydrogen) atoms. The van der Waals surface area contributed by atoms with Gasteiger partial charge in [-0.25, -0.2) is 13.1 Å². The Bertz CT molecular complexity index is 698. The Morgan fingerprint density at radius 1 is 1.19 bits per heavy atom. The van der Waals surface area contributed by atoms with Crippen molar-refractivity contribution >= 4 is 28.3 Å². The number of rotatable bonds is 11. The second kappa shape index (κ2) is 12.0. The molecule has 4 N–H and O–H groups in total. The van der Waals surface area contributed by atoms with Crippen LogP contribution in [0.4, 0.5) is 0 Å². The molecule has 0 aromatic heterocycles. The van der Waals surface area contributed by atoms with Crippen LogP contribution in [0.15, 0.2) is 23.1 Å². The molecule has 8 nitrogen and oxygen atoms in total. The van der Waals surface area contributed by atoms with Gasteiger partial charge in [-0.2, -0.15) is 0 Å². The highest BCUT2D eigenvalue weighted by Crippen LogP contribution is 2.29. The molecule has 0 fully saturated rings. The summed E-state index contributed by atoms with van der Waals surface area (Å²) in [6.07, 6.45) is 0.806. The maximum Gasteiger partial charge on any atom is 0.240 e. The van der Waals surface area contributed by atoms with Crippen LogP contribution in [0.5, 0.6) is 11.5 Å². The Morgan fingerprint density at radius 2 is 1.81 bits per heavy atom. The Kier molecular flexibility index (Phi) is 11.3. The van der Waals surface area contributed by atoms with Gasteiger partial charge in [0.05, 0.1) is 19.1 Å². The summed E-state index contributed by atoms with van der Waals surface area (Å²) in [6, 6.07) is 4.19. The smallest absolute Gasteiger partial charge is 0.240 e. The molecule has 1 amide bonds. The number of sulfonamides is 1. The number of nitrogens with two attached hydrogens (primary N) is 1. The van der Waals surface area contributed by atoms with Gasteiger partial charge in [-0.1, -0.05) is 13.8 Å². The molecular weight excluding hydrogens is 394 g/mol. The molecule has 1 rings (SSSR count). The van der Waals surface area contributed by atoms with Crippen molar-refractivity contribution in [3.8, 4) is 11.5 Å². The zero-order valence-electron chi connectivity index (χ0n) is 16.2. The Balaban J connectivity index is 0.00000676. The molecule has 0 heterocycles. The van der Waals surface area contributed by atoms with Crippen molar-refractivity contribution in [1.82, 2.24) is 10.0 Å². The summed E-state index contributed by atoms with van der Waals surface area (Å²) in [5.74, 6) is 0.917. The average Bonchev–Trinajstić information content (AvgIpc) is 2.59. The van der Waals surface area contributed by atoms with Gasteiger partial charge in [0.25, 0.3) is 0 Å². The van der Waals surface area contributed by atoms with Gasteiger partial charge in [-0.15, -0.1) is 12.4 Å². The predicted molar refractivity (Wildman–Crippen MR) is 107 cm³/mol. The summed E-state index contributed by atoms with van der Waals surface area (Å²) in [5.41, 5.74) is 5.65. The van der Waals surface area contributed by atoms with E-state index in [1.807, 2.05) is 13.8 Å². The van der Waals surface area contributed by atoms with Crippen molar-refractivity contribution in [1.29, 1.82) is 0 Å². The van der Waals surface area contributed by atoms with Crippen LogP contribution in [0.3, 0.4) is 0 Å². The zero-order valence-corrected chi connectivity index (χ0v) is 17.8. The van der Waals surface area contributed by atoms with Crippen molar-refractivity contribution in [2.45, 2.75) is 37.6 Å². The fourth-order valence-electron chi connectivity index (χ4n) is 2.45. The van der Waals surface area contributed by atoms with E-state index in [0.717, 1.165) is 6.42 Å². The number of hydrogen-bond acceptors (Lipinski definition) is 6. The maximum absolute atomic E-state index is 12.3. The van der Waals surface area contributed by atoms with Gasteiger partial charge in [0, 0.05) is 31.6 Å². The van der Waals surface area contributed by atoms with Gasteiger partial charge in [0.1, 0.15) is 0 Å². The summed E-state index contributed by atoms with van der Waals surface area (Å²) in [4.78, 5) is 12.0. The minimum absolute atomic E-state index is 0. The maximum atomic E-state index is 12.3. The second-order valence-corrected chi connectivity index (χ2v) is 8.06. The van der Waals surface area contributed by atoms with E-state index in [-0.39, 0.29) is 42.2 Å². The summed E-state index contributed by atoms with van der Waals surface area (Å²) in [7, 11) is -0.860. The summed E-state index contributed by atoms with van der Waals surface area (Å²) in [5, 5.41) is 2.82. The number of carbonyl (C=O) groups excluding carboxylic acids is 1. The molecular formula is C17H30ClN3O5S. The van der Waals surface area contributed by atoms with Crippen LogP contribution >= 0.6 is 12.4 Å². The molecule has 0 aliphatic rings. The van der Waals surface area contributed by atoms with Crippen LogP contribution < -0.4 is 25.2 Å². The number of methoxy groups -OCH3 is 2. The monoisotopic (exact) mass is 423 g/mol. The second-order valence-electron chi connectivity index (χ2n) is 6.29. The number of carbonyl (C=O) groups is 1. The van der Waals surface area contributed by atoms with E-state index in [0.29, 0.717) is 24.0 Å². The van der Waals surface area contributed by atoms with E-state index in [2.05, 4.69) is 10.0 Å². The van der Waals surface area contributed by atoms with E-state index in [1.165, 1.54) is 32.4 Å². The van der Waals surface area contributed by atoms with Gasteiger partial charge in [0.15, 0.2) is 11.5 Å². The highest BCUT2D eigenvalue weighted by atomic mass is 35.5. The quantitative estimate of drug-likeness (QED) is 0.493. The molecule has 0 aliphatic carbocycles. The first-order chi connectivity index (χ1) is 12.2. The van der Waals surface area contributed by atoms with Crippen LogP contribution in [0.1, 0.15) is 26.7 Å². The van der Waals surface area contributed by atoms with Crippen molar-refractivity contribution in [2.75, 3.05) is 27.3 Å². The number of nitrogens with one attached hydrogen (secondary N) is 2. The first kappa shape index (κ1) is 25.4. The van der Waals surface area contributed by atoms with Crippen LogP contribution in [0, 0.1) is 5.92 Å². The van der Waals surface area contributed by atoms with Gasteiger partial charge in [0.2, 0.25) is 15.9 Å².